The molecule has 0 N–H and O–H groups in total. The Morgan fingerprint density at radius 1 is 1.22 bits per heavy atom. The summed E-state index contributed by atoms with van der Waals surface area (Å²) >= 11 is 5.72. The average Bonchev–Trinajstić information content (AvgIpc) is 2.66. The quantitative estimate of drug-likeness (QED) is 0.567. The van der Waals surface area contributed by atoms with Gasteiger partial charge in [0.05, 0.1) is 5.69 Å². The number of rotatable bonds is 3. The van der Waals surface area contributed by atoms with Crippen molar-refractivity contribution in [1.82, 2.24) is 0 Å². The van der Waals surface area contributed by atoms with Crippen LogP contribution in [0.1, 0.15) is 44.1 Å². The Morgan fingerprint density at radius 2 is 1.89 bits per heavy atom. The zero-order chi connectivity index (χ0) is 13.0. The first-order valence-corrected chi connectivity index (χ1v) is 7.33. The number of halogens is 2. The normalized spacial score (nSPS) is 17.5. The van der Waals surface area contributed by atoms with Crippen LogP contribution >= 0.6 is 11.6 Å². The van der Waals surface area contributed by atoms with E-state index in [1.807, 2.05) is 19.2 Å². The molecule has 0 amide bonds. The van der Waals surface area contributed by atoms with Crippen LogP contribution in [0.3, 0.4) is 0 Å². The molecule has 0 bridgehead atoms. The summed E-state index contributed by atoms with van der Waals surface area (Å²) in [6, 6.07) is 5.80. The number of anilines is 1. The Hall–Kier alpha value is -0.760. The van der Waals surface area contributed by atoms with Crippen LogP contribution in [-0.4, -0.2) is 13.1 Å². The van der Waals surface area contributed by atoms with E-state index < -0.39 is 0 Å². The second kappa shape index (κ2) is 6.42. The van der Waals surface area contributed by atoms with Gasteiger partial charge in [0.25, 0.3) is 0 Å². The van der Waals surface area contributed by atoms with Gasteiger partial charge in [-0.05, 0) is 30.5 Å². The summed E-state index contributed by atoms with van der Waals surface area (Å²) in [6.07, 6.45) is 7.50. The lowest BCUT2D eigenvalue weighted by Gasteiger charge is -2.29. The highest BCUT2D eigenvalue weighted by atomic mass is 35.5. The molecule has 1 nitrogen and oxygen atoms in total. The van der Waals surface area contributed by atoms with E-state index in [1.54, 1.807) is 6.07 Å². The van der Waals surface area contributed by atoms with Crippen molar-refractivity contribution in [2.45, 2.75) is 50.4 Å². The fourth-order valence-electron chi connectivity index (χ4n) is 2.76. The van der Waals surface area contributed by atoms with Gasteiger partial charge < -0.3 is 4.90 Å². The van der Waals surface area contributed by atoms with Crippen LogP contribution in [0.25, 0.3) is 0 Å². The van der Waals surface area contributed by atoms with Gasteiger partial charge in [-0.1, -0.05) is 31.7 Å². The van der Waals surface area contributed by atoms with Gasteiger partial charge in [0, 0.05) is 19.0 Å². The summed E-state index contributed by atoms with van der Waals surface area (Å²) in [5.41, 5.74) is 1.54. The Kier molecular flexibility index (Phi) is 4.87. The summed E-state index contributed by atoms with van der Waals surface area (Å²) in [5, 5.41) is 0. The van der Waals surface area contributed by atoms with E-state index in [1.165, 1.54) is 38.5 Å². The predicted octanol–water partition coefficient (Wildman–Crippen LogP) is 4.72. The first kappa shape index (κ1) is 13.7. The van der Waals surface area contributed by atoms with Crippen LogP contribution in [0.4, 0.5) is 10.1 Å². The highest BCUT2D eigenvalue weighted by Crippen LogP contribution is 2.28. The molecular weight excluding hydrogens is 249 g/mol. The zero-order valence-electron chi connectivity index (χ0n) is 11.0. The average molecular weight is 270 g/mol. The van der Waals surface area contributed by atoms with Crippen LogP contribution in [0, 0.1) is 5.82 Å². The van der Waals surface area contributed by atoms with E-state index >= 15 is 0 Å². The van der Waals surface area contributed by atoms with E-state index in [4.69, 9.17) is 11.6 Å². The summed E-state index contributed by atoms with van der Waals surface area (Å²) in [4.78, 5) is 2.11. The predicted molar refractivity (Wildman–Crippen MR) is 75.9 cm³/mol. The molecule has 0 aromatic heterocycles. The molecule has 3 heteroatoms. The van der Waals surface area contributed by atoms with Gasteiger partial charge >= 0.3 is 0 Å². The van der Waals surface area contributed by atoms with Gasteiger partial charge in [-0.2, -0.15) is 0 Å². The molecule has 0 heterocycles. The van der Waals surface area contributed by atoms with Crippen LogP contribution < -0.4 is 4.90 Å². The maximum Gasteiger partial charge on any atom is 0.146 e. The molecule has 100 valence electrons. The molecule has 0 saturated heterocycles. The number of hydrogen-bond acceptors (Lipinski definition) is 1. The molecule has 1 fully saturated rings. The number of alkyl halides is 1. The maximum absolute atomic E-state index is 14.0. The number of hydrogen-bond donors (Lipinski definition) is 0. The van der Waals surface area contributed by atoms with Crippen molar-refractivity contribution in [3.8, 4) is 0 Å². The SMILES string of the molecule is CN(c1ccc(CCl)cc1F)C1CCCCCC1. The van der Waals surface area contributed by atoms with Gasteiger partial charge in [0.15, 0.2) is 0 Å². The largest absolute Gasteiger partial charge is 0.369 e. The number of nitrogens with zero attached hydrogens (tertiary/aromatic N) is 1. The summed E-state index contributed by atoms with van der Waals surface area (Å²) < 4.78 is 14.0. The van der Waals surface area contributed by atoms with E-state index in [9.17, 15) is 4.39 Å². The van der Waals surface area contributed by atoms with Crippen molar-refractivity contribution in [3.63, 3.8) is 0 Å². The van der Waals surface area contributed by atoms with E-state index in [0.29, 0.717) is 17.6 Å². The minimum absolute atomic E-state index is 0.153. The summed E-state index contributed by atoms with van der Waals surface area (Å²) in [5.74, 6) is 0.213. The lowest BCUT2D eigenvalue weighted by Crippen LogP contribution is -2.31. The molecular formula is C15H21ClFN. The van der Waals surface area contributed by atoms with Crippen LogP contribution in [0.2, 0.25) is 0 Å². The molecule has 0 radical (unpaired) electrons. The Labute approximate surface area is 114 Å². The molecule has 1 aliphatic rings. The minimum Gasteiger partial charge on any atom is -0.369 e. The van der Waals surface area contributed by atoms with Crippen molar-refractivity contribution in [2.24, 2.45) is 0 Å². The van der Waals surface area contributed by atoms with Crippen molar-refractivity contribution < 1.29 is 4.39 Å². The third-order valence-electron chi connectivity index (χ3n) is 3.92. The Morgan fingerprint density at radius 3 is 2.44 bits per heavy atom. The topological polar surface area (TPSA) is 3.24 Å². The van der Waals surface area contributed by atoms with Crippen molar-refractivity contribution in [3.05, 3.63) is 29.6 Å². The van der Waals surface area contributed by atoms with Crippen molar-refractivity contribution >= 4 is 17.3 Å². The van der Waals surface area contributed by atoms with E-state index in [2.05, 4.69) is 4.90 Å². The summed E-state index contributed by atoms with van der Waals surface area (Å²) in [6.45, 7) is 0. The molecule has 0 atom stereocenters. The molecule has 2 rings (SSSR count). The van der Waals surface area contributed by atoms with Crippen LogP contribution in [-0.2, 0) is 5.88 Å². The molecule has 0 aliphatic heterocycles. The van der Waals surface area contributed by atoms with E-state index in [0.717, 1.165) is 5.56 Å². The fraction of sp³-hybridized carbons (Fsp3) is 0.600. The smallest absolute Gasteiger partial charge is 0.146 e. The third kappa shape index (κ3) is 3.17. The molecule has 1 aliphatic carbocycles. The lowest BCUT2D eigenvalue weighted by molar-refractivity contribution is 0.538. The van der Waals surface area contributed by atoms with Crippen molar-refractivity contribution in [2.75, 3.05) is 11.9 Å². The number of benzene rings is 1. The zero-order valence-corrected chi connectivity index (χ0v) is 11.7. The first-order chi connectivity index (χ1) is 8.72. The Balaban J connectivity index is 2.14. The highest BCUT2D eigenvalue weighted by molar-refractivity contribution is 6.17. The minimum atomic E-state index is -0.153. The highest BCUT2D eigenvalue weighted by Gasteiger charge is 2.19. The van der Waals surface area contributed by atoms with Gasteiger partial charge in [-0.3, -0.25) is 0 Å². The lowest BCUT2D eigenvalue weighted by atomic mass is 10.1. The van der Waals surface area contributed by atoms with Crippen LogP contribution in [0.5, 0.6) is 0 Å². The van der Waals surface area contributed by atoms with Gasteiger partial charge in [-0.15, -0.1) is 11.6 Å². The molecule has 18 heavy (non-hydrogen) atoms. The molecule has 0 spiro atoms. The van der Waals surface area contributed by atoms with E-state index in [-0.39, 0.29) is 5.82 Å². The maximum atomic E-state index is 14.0. The first-order valence-electron chi connectivity index (χ1n) is 6.79. The van der Waals surface area contributed by atoms with Gasteiger partial charge in [0.1, 0.15) is 5.82 Å². The Bertz CT molecular complexity index is 386. The van der Waals surface area contributed by atoms with Crippen LogP contribution in [0.15, 0.2) is 18.2 Å². The second-order valence-corrected chi connectivity index (χ2v) is 5.44. The van der Waals surface area contributed by atoms with Crippen molar-refractivity contribution in [1.29, 1.82) is 0 Å². The van der Waals surface area contributed by atoms with Gasteiger partial charge in [0.2, 0.25) is 0 Å². The second-order valence-electron chi connectivity index (χ2n) is 5.18. The molecule has 0 unspecified atom stereocenters. The standard InChI is InChI=1S/C15H21ClFN/c1-18(13-6-4-2-3-5-7-13)15-9-8-12(11-16)10-14(15)17/h8-10,13H,2-7,11H2,1H3. The molecule has 1 aromatic rings. The molecule has 1 saturated carbocycles. The molecule has 1 aromatic carbocycles. The third-order valence-corrected chi connectivity index (χ3v) is 4.23. The fourth-order valence-corrected chi connectivity index (χ4v) is 2.93. The summed E-state index contributed by atoms with van der Waals surface area (Å²) in [7, 11) is 2.01. The monoisotopic (exact) mass is 269 g/mol. The van der Waals surface area contributed by atoms with Gasteiger partial charge in [-0.25, -0.2) is 4.39 Å².